The molecule has 0 spiro atoms. The lowest BCUT2D eigenvalue weighted by Crippen LogP contribution is -2.39. The van der Waals surface area contributed by atoms with Crippen LogP contribution in [0.15, 0.2) is 53.9 Å². The average Bonchev–Trinajstić information content (AvgIpc) is 3.12. The number of aryl methyl sites for hydroxylation is 1. The Morgan fingerprint density at radius 3 is 2.56 bits per heavy atom. The van der Waals surface area contributed by atoms with Gasteiger partial charge in [0.25, 0.3) is 0 Å². The van der Waals surface area contributed by atoms with E-state index in [0.29, 0.717) is 6.04 Å². The van der Waals surface area contributed by atoms with E-state index in [4.69, 9.17) is 4.98 Å². The number of thiazole rings is 1. The van der Waals surface area contributed by atoms with Crippen molar-refractivity contribution in [2.75, 3.05) is 23.3 Å². The fourth-order valence-corrected chi connectivity index (χ4v) is 4.01. The van der Waals surface area contributed by atoms with Crippen LogP contribution >= 0.6 is 11.3 Å². The zero-order valence-electron chi connectivity index (χ0n) is 14.4. The van der Waals surface area contributed by atoms with Crippen LogP contribution in [-0.4, -0.2) is 29.1 Å². The van der Waals surface area contributed by atoms with Gasteiger partial charge in [0.15, 0.2) is 5.13 Å². The summed E-state index contributed by atoms with van der Waals surface area (Å²) in [5.41, 5.74) is 3.30. The zero-order valence-corrected chi connectivity index (χ0v) is 15.2. The lowest BCUT2D eigenvalue weighted by atomic mass is 10.1. The molecule has 1 saturated heterocycles. The third-order valence-corrected chi connectivity index (χ3v) is 5.37. The van der Waals surface area contributed by atoms with Crippen LogP contribution in [0.2, 0.25) is 0 Å². The van der Waals surface area contributed by atoms with Crippen LogP contribution < -0.4 is 10.2 Å². The molecule has 1 aliphatic rings. The van der Waals surface area contributed by atoms with Crippen molar-refractivity contribution in [2.45, 2.75) is 25.8 Å². The summed E-state index contributed by atoms with van der Waals surface area (Å²) in [6, 6.07) is 17.1. The van der Waals surface area contributed by atoms with Gasteiger partial charge in [-0.05, 0) is 31.9 Å². The van der Waals surface area contributed by atoms with Gasteiger partial charge in [0, 0.05) is 35.8 Å². The van der Waals surface area contributed by atoms with E-state index in [2.05, 4.69) is 57.0 Å². The minimum absolute atomic E-state index is 0.482. The topological polar surface area (TPSA) is 41.0 Å². The summed E-state index contributed by atoms with van der Waals surface area (Å²) in [6.45, 7) is 4.11. The molecule has 128 valence electrons. The molecule has 1 aliphatic heterocycles. The molecule has 1 fully saturated rings. The van der Waals surface area contributed by atoms with Crippen molar-refractivity contribution in [3.8, 4) is 11.3 Å². The van der Waals surface area contributed by atoms with Gasteiger partial charge in [-0.15, -0.1) is 11.3 Å². The monoisotopic (exact) mass is 350 g/mol. The predicted octanol–water partition coefficient (Wildman–Crippen LogP) is 4.59. The number of pyridine rings is 1. The molecule has 0 radical (unpaired) electrons. The predicted molar refractivity (Wildman–Crippen MR) is 105 cm³/mol. The number of piperidine rings is 1. The van der Waals surface area contributed by atoms with Crippen LogP contribution in [0.4, 0.5) is 10.9 Å². The van der Waals surface area contributed by atoms with E-state index in [0.717, 1.165) is 48.3 Å². The van der Waals surface area contributed by atoms with Gasteiger partial charge in [0.2, 0.25) is 0 Å². The SMILES string of the molecule is Cc1cccc(N2CCC(Nc3nc(-c4ccccc4)cs3)CC2)n1. The maximum absolute atomic E-state index is 4.74. The van der Waals surface area contributed by atoms with Gasteiger partial charge in [0.05, 0.1) is 5.69 Å². The highest BCUT2D eigenvalue weighted by Gasteiger charge is 2.21. The van der Waals surface area contributed by atoms with Gasteiger partial charge < -0.3 is 10.2 Å². The molecule has 0 unspecified atom stereocenters. The summed E-state index contributed by atoms with van der Waals surface area (Å²) in [7, 11) is 0. The Morgan fingerprint density at radius 1 is 1.00 bits per heavy atom. The summed E-state index contributed by atoms with van der Waals surface area (Å²) < 4.78 is 0. The summed E-state index contributed by atoms with van der Waals surface area (Å²) in [4.78, 5) is 11.8. The first-order valence-electron chi connectivity index (χ1n) is 8.74. The minimum Gasteiger partial charge on any atom is -0.359 e. The largest absolute Gasteiger partial charge is 0.359 e. The number of hydrogen-bond donors (Lipinski definition) is 1. The van der Waals surface area contributed by atoms with E-state index in [1.54, 1.807) is 11.3 Å². The molecule has 25 heavy (non-hydrogen) atoms. The van der Waals surface area contributed by atoms with Gasteiger partial charge in [-0.25, -0.2) is 9.97 Å². The third kappa shape index (κ3) is 3.82. The zero-order chi connectivity index (χ0) is 17.1. The molecule has 0 bridgehead atoms. The highest BCUT2D eigenvalue weighted by Crippen LogP contribution is 2.27. The maximum atomic E-state index is 4.74. The van der Waals surface area contributed by atoms with Crippen molar-refractivity contribution in [1.29, 1.82) is 0 Å². The molecule has 3 aromatic rings. The summed E-state index contributed by atoms with van der Waals surface area (Å²) in [5.74, 6) is 1.10. The quantitative estimate of drug-likeness (QED) is 0.747. The van der Waals surface area contributed by atoms with Crippen molar-refractivity contribution in [3.05, 3.63) is 59.6 Å². The first-order chi connectivity index (χ1) is 12.3. The van der Waals surface area contributed by atoms with Crippen LogP contribution in [0, 0.1) is 6.92 Å². The Morgan fingerprint density at radius 2 is 1.80 bits per heavy atom. The lowest BCUT2D eigenvalue weighted by molar-refractivity contribution is 0.523. The van der Waals surface area contributed by atoms with Gasteiger partial charge in [0.1, 0.15) is 5.82 Å². The molecule has 1 N–H and O–H groups in total. The van der Waals surface area contributed by atoms with Gasteiger partial charge >= 0.3 is 0 Å². The number of anilines is 2. The van der Waals surface area contributed by atoms with E-state index >= 15 is 0 Å². The molecule has 3 heterocycles. The second-order valence-corrected chi connectivity index (χ2v) is 7.30. The molecule has 4 nitrogen and oxygen atoms in total. The summed E-state index contributed by atoms with van der Waals surface area (Å²) in [6.07, 6.45) is 2.21. The van der Waals surface area contributed by atoms with Crippen LogP contribution in [-0.2, 0) is 0 Å². The molecule has 1 aromatic carbocycles. The van der Waals surface area contributed by atoms with Gasteiger partial charge in [-0.1, -0.05) is 36.4 Å². The molecule has 4 rings (SSSR count). The fourth-order valence-electron chi connectivity index (χ4n) is 3.21. The Hall–Kier alpha value is -2.40. The van der Waals surface area contributed by atoms with Crippen molar-refractivity contribution < 1.29 is 0 Å². The van der Waals surface area contributed by atoms with E-state index in [-0.39, 0.29) is 0 Å². The van der Waals surface area contributed by atoms with Crippen LogP contribution in [0.5, 0.6) is 0 Å². The fraction of sp³-hybridized carbons (Fsp3) is 0.300. The van der Waals surface area contributed by atoms with E-state index in [1.807, 2.05) is 19.1 Å². The Bertz CT molecular complexity index is 822. The molecule has 5 heteroatoms. The van der Waals surface area contributed by atoms with Crippen molar-refractivity contribution >= 4 is 22.3 Å². The Labute approximate surface area is 152 Å². The van der Waals surface area contributed by atoms with Gasteiger partial charge in [-0.2, -0.15) is 0 Å². The van der Waals surface area contributed by atoms with Crippen molar-refractivity contribution in [2.24, 2.45) is 0 Å². The average molecular weight is 350 g/mol. The normalized spacial score (nSPS) is 15.3. The molecule has 0 aliphatic carbocycles. The number of nitrogens with zero attached hydrogens (tertiary/aromatic N) is 3. The smallest absolute Gasteiger partial charge is 0.183 e. The van der Waals surface area contributed by atoms with E-state index < -0.39 is 0 Å². The molecular formula is C20H22N4S. The number of aromatic nitrogens is 2. The maximum Gasteiger partial charge on any atom is 0.183 e. The number of nitrogens with one attached hydrogen (secondary N) is 1. The minimum atomic E-state index is 0.482. The molecule has 0 amide bonds. The van der Waals surface area contributed by atoms with Crippen LogP contribution in [0.1, 0.15) is 18.5 Å². The van der Waals surface area contributed by atoms with E-state index in [1.165, 1.54) is 5.56 Å². The van der Waals surface area contributed by atoms with Gasteiger partial charge in [-0.3, -0.25) is 0 Å². The summed E-state index contributed by atoms with van der Waals surface area (Å²) in [5, 5.41) is 6.76. The second-order valence-electron chi connectivity index (χ2n) is 6.45. The highest BCUT2D eigenvalue weighted by atomic mass is 32.1. The standard InChI is InChI=1S/C20H22N4S/c1-15-6-5-9-19(21-15)24-12-10-17(11-13-24)22-20-23-18(14-25-20)16-7-3-2-4-8-16/h2-9,14,17H,10-13H2,1H3,(H,22,23). The molecular weight excluding hydrogens is 328 g/mol. The van der Waals surface area contributed by atoms with Crippen molar-refractivity contribution in [1.82, 2.24) is 9.97 Å². The lowest BCUT2D eigenvalue weighted by Gasteiger charge is -2.33. The summed E-state index contributed by atoms with van der Waals surface area (Å²) >= 11 is 1.69. The molecule has 0 atom stereocenters. The molecule has 2 aromatic heterocycles. The van der Waals surface area contributed by atoms with Crippen LogP contribution in [0.25, 0.3) is 11.3 Å². The first kappa shape index (κ1) is 16.1. The second kappa shape index (κ2) is 7.23. The first-order valence-corrected chi connectivity index (χ1v) is 9.62. The highest BCUT2D eigenvalue weighted by molar-refractivity contribution is 7.14. The number of benzene rings is 1. The van der Waals surface area contributed by atoms with E-state index in [9.17, 15) is 0 Å². The Balaban J connectivity index is 1.35. The third-order valence-electron chi connectivity index (χ3n) is 4.59. The number of hydrogen-bond acceptors (Lipinski definition) is 5. The number of rotatable bonds is 4. The van der Waals surface area contributed by atoms with Crippen molar-refractivity contribution in [3.63, 3.8) is 0 Å². The Kier molecular flexibility index (Phi) is 4.65. The van der Waals surface area contributed by atoms with Crippen LogP contribution in [0.3, 0.4) is 0 Å². The molecule has 0 saturated carbocycles.